The molecule has 0 fully saturated rings. The molecule has 0 aliphatic heterocycles. The second kappa shape index (κ2) is 7.94. The molecule has 0 spiro atoms. The Morgan fingerprint density at radius 3 is 2.76 bits per heavy atom. The number of nitrogens with one attached hydrogen (secondary N) is 1. The van der Waals surface area contributed by atoms with Crippen LogP contribution in [-0.4, -0.2) is 30.2 Å². The Morgan fingerprint density at radius 2 is 2.12 bits per heavy atom. The molecule has 3 aromatic rings. The van der Waals surface area contributed by atoms with Crippen molar-refractivity contribution >= 4 is 17.5 Å². The minimum absolute atomic E-state index is 0.0388. The third-order valence-corrected chi connectivity index (χ3v) is 4.13. The average molecular weight is 359 g/mol. The van der Waals surface area contributed by atoms with Gasteiger partial charge in [-0.1, -0.05) is 23.7 Å². The molecule has 1 atom stereocenters. The van der Waals surface area contributed by atoms with Gasteiger partial charge >= 0.3 is 0 Å². The van der Waals surface area contributed by atoms with E-state index in [1.165, 1.54) is 6.33 Å². The first-order valence-electron chi connectivity index (χ1n) is 7.98. The van der Waals surface area contributed by atoms with Crippen molar-refractivity contribution < 1.29 is 4.79 Å². The van der Waals surface area contributed by atoms with Crippen LogP contribution in [0.15, 0.2) is 49.3 Å². The van der Waals surface area contributed by atoms with Crippen LogP contribution in [-0.2, 0) is 18.4 Å². The summed E-state index contributed by atoms with van der Waals surface area (Å²) in [6.45, 7) is 0.654. The van der Waals surface area contributed by atoms with Gasteiger partial charge in [0.25, 0.3) is 0 Å². The number of aromatic nitrogens is 5. The van der Waals surface area contributed by atoms with E-state index in [-0.39, 0.29) is 11.9 Å². The summed E-state index contributed by atoms with van der Waals surface area (Å²) in [6, 6.07) is 7.10. The fourth-order valence-corrected chi connectivity index (χ4v) is 2.72. The van der Waals surface area contributed by atoms with E-state index >= 15 is 0 Å². The van der Waals surface area contributed by atoms with Gasteiger partial charge in [-0.25, -0.2) is 9.97 Å². The van der Waals surface area contributed by atoms with Gasteiger partial charge in [-0.15, -0.1) is 0 Å². The summed E-state index contributed by atoms with van der Waals surface area (Å²) in [6.07, 6.45) is 7.78. The molecule has 130 valence electrons. The zero-order valence-corrected chi connectivity index (χ0v) is 14.6. The number of nitrogens with zero attached hydrogens (tertiary/aromatic N) is 5. The molecule has 2 heterocycles. The second-order valence-electron chi connectivity index (χ2n) is 5.71. The Bertz CT molecular complexity index is 812. The molecule has 1 aromatic carbocycles. The maximum Gasteiger partial charge on any atom is 0.220 e. The largest absolute Gasteiger partial charge is 0.342 e. The molecule has 0 radical (unpaired) electrons. The lowest BCUT2D eigenvalue weighted by Gasteiger charge is -2.19. The van der Waals surface area contributed by atoms with Crippen molar-refractivity contribution in [1.82, 2.24) is 29.6 Å². The molecule has 0 saturated carbocycles. The van der Waals surface area contributed by atoms with E-state index in [9.17, 15) is 4.79 Å². The molecule has 2 aromatic heterocycles. The third kappa shape index (κ3) is 4.45. The lowest BCUT2D eigenvalue weighted by Crippen LogP contribution is -2.31. The smallest absolute Gasteiger partial charge is 0.220 e. The number of amides is 1. The molecule has 0 saturated heterocycles. The van der Waals surface area contributed by atoms with Crippen LogP contribution in [0.3, 0.4) is 0 Å². The highest BCUT2D eigenvalue weighted by Crippen LogP contribution is 2.22. The van der Waals surface area contributed by atoms with Crippen LogP contribution in [0.5, 0.6) is 0 Å². The second-order valence-corrected chi connectivity index (χ2v) is 6.15. The molecular weight excluding hydrogens is 340 g/mol. The zero-order valence-electron chi connectivity index (χ0n) is 13.8. The lowest BCUT2D eigenvalue weighted by atomic mass is 10.1. The average Bonchev–Trinajstić information content (AvgIpc) is 3.25. The van der Waals surface area contributed by atoms with Crippen molar-refractivity contribution in [1.29, 1.82) is 0 Å². The first-order valence-corrected chi connectivity index (χ1v) is 8.36. The first-order chi connectivity index (χ1) is 12.1. The SMILES string of the molecule is Cn1ccnc1[C@H](NC(=O)CCCn1cncn1)c1ccc(Cl)cc1. The number of hydrogen-bond acceptors (Lipinski definition) is 4. The molecule has 0 aliphatic carbocycles. The fraction of sp³-hybridized carbons (Fsp3) is 0.294. The molecule has 0 bridgehead atoms. The highest BCUT2D eigenvalue weighted by molar-refractivity contribution is 6.30. The molecule has 8 heteroatoms. The number of carbonyl (C=O) groups is 1. The number of carbonyl (C=O) groups excluding carboxylic acids is 1. The van der Waals surface area contributed by atoms with Gasteiger partial charge < -0.3 is 9.88 Å². The molecule has 25 heavy (non-hydrogen) atoms. The lowest BCUT2D eigenvalue weighted by molar-refractivity contribution is -0.121. The van der Waals surface area contributed by atoms with Crippen molar-refractivity contribution in [3.8, 4) is 0 Å². The molecule has 3 rings (SSSR count). The summed E-state index contributed by atoms with van der Waals surface area (Å²) in [7, 11) is 1.90. The zero-order chi connectivity index (χ0) is 17.6. The number of halogens is 1. The van der Waals surface area contributed by atoms with Gasteiger partial charge in [-0.3, -0.25) is 9.48 Å². The van der Waals surface area contributed by atoms with Gasteiger partial charge in [-0.2, -0.15) is 5.10 Å². The van der Waals surface area contributed by atoms with E-state index in [0.717, 1.165) is 11.4 Å². The Balaban J connectivity index is 1.68. The van der Waals surface area contributed by atoms with Crippen LogP contribution >= 0.6 is 11.6 Å². The number of benzene rings is 1. The van der Waals surface area contributed by atoms with Crippen LogP contribution in [0.4, 0.5) is 0 Å². The standard InChI is InChI=1S/C17H19ClN6O/c1-23-10-8-20-17(23)16(13-4-6-14(18)7-5-13)22-15(25)3-2-9-24-12-19-11-21-24/h4-8,10-12,16H,2-3,9H2,1H3,(H,22,25)/t16-/m1/s1. The first kappa shape index (κ1) is 17.2. The van der Waals surface area contributed by atoms with E-state index in [4.69, 9.17) is 11.6 Å². The highest BCUT2D eigenvalue weighted by Gasteiger charge is 2.20. The molecule has 1 N–H and O–H groups in total. The minimum atomic E-state index is -0.323. The predicted octanol–water partition coefficient (Wildman–Crippen LogP) is 2.35. The molecule has 7 nitrogen and oxygen atoms in total. The Hall–Kier alpha value is -2.67. The Morgan fingerprint density at radius 1 is 1.32 bits per heavy atom. The minimum Gasteiger partial charge on any atom is -0.342 e. The van der Waals surface area contributed by atoms with Crippen LogP contribution in [0.1, 0.15) is 30.3 Å². The number of rotatable bonds is 7. The molecule has 0 unspecified atom stereocenters. The van der Waals surface area contributed by atoms with E-state index in [1.54, 1.807) is 17.2 Å². The van der Waals surface area contributed by atoms with Gasteiger partial charge in [-0.05, 0) is 24.1 Å². The summed E-state index contributed by atoms with van der Waals surface area (Å²) < 4.78 is 3.61. The van der Waals surface area contributed by atoms with Gasteiger partial charge in [0.05, 0.1) is 0 Å². The maximum absolute atomic E-state index is 12.4. The van der Waals surface area contributed by atoms with E-state index in [0.29, 0.717) is 24.4 Å². The summed E-state index contributed by atoms with van der Waals surface area (Å²) in [5.41, 5.74) is 0.934. The fourth-order valence-electron chi connectivity index (χ4n) is 2.59. The van der Waals surface area contributed by atoms with Gasteiger partial charge in [0, 0.05) is 37.4 Å². The number of aryl methyl sites for hydroxylation is 2. The Kier molecular flexibility index (Phi) is 5.45. The van der Waals surface area contributed by atoms with Gasteiger partial charge in [0.2, 0.25) is 5.91 Å². The van der Waals surface area contributed by atoms with E-state index < -0.39 is 0 Å². The Labute approximate surface area is 150 Å². The summed E-state index contributed by atoms with van der Waals surface area (Å²) >= 11 is 5.97. The normalized spacial score (nSPS) is 12.1. The van der Waals surface area contributed by atoms with E-state index in [2.05, 4.69) is 20.4 Å². The van der Waals surface area contributed by atoms with E-state index in [1.807, 2.05) is 42.1 Å². The van der Waals surface area contributed by atoms with Crippen molar-refractivity contribution in [2.45, 2.75) is 25.4 Å². The van der Waals surface area contributed by atoms with Gasteiger partial charge in [0.15, 0.2) is 0 Å². The number of hydrogen-bond donors (Lipinski definition) is 1. The third-order valence-electron chi connectivity index (χ3n) is 3.88. The summed E-state index contributed by atoms with van der Waals surface area (Å²) in [5, 5.41) is 7.75. The van der Waals surface area contributed by atoms with Crippen LogP contribution in [0.25, 0.3) is 0 Å². The monoisotopic (exact) mass is 358 g/mol. The van der Waals surface area contributed by atoms with Crippen molar-refractivity contribution in [3.05, 3.63) is 65.7 Å². The van der Waals surface area contributed by atoms with Crippen molar-refractivity contribution in [2.75, 3.05) is 0 Å². The van der Waals surface area contributed by atoms with Crippen molar-refractivity contribution in [2.24, 2.45) is 7.05 Å². The quantitative estimate of drug-likeness (QED) is 0.703. The predicted molar refractivity (Wildman–Crippen MR) is 93.9 cm³/mol. The van der Waals surface area contributed by atoms with Crippen LogP contribution < -0.4 is 5.32 Å². The molecule has 0 aliphatic rings. The van der Waals surface area contributed by atoms with Crippen molar-refractivity contribution in [3.63, 3.8) is 0 Å². The molecular formula is C17H19ClN6O. The summed E-state index contributed by atoms with van der Waals surface area (Å²) in [4.78, 5) is 20.7. The summed E-state index contributed by atoms with van der Waals surface area (Å²) in [5.74, 6) is 0.731. The molecule has 1 amide bonds. The van der Waals surface area contributed by atoms with Gasteiger partial charge in [0.1, 0.15) is 24.5 Å². The van der Waals surface area contributed by atoms with Crippen LogP contribution in [0, 0.1) is 0 Å². The maximum atomic E-state index is 12.4. The van der Waals surface area contributed by atoms with Crippen LogP contribution in [0.2, 0.25) is 5.02 Å². The highest BCUT2D eigenvalue weighted by atomic mass is 35.5. The number of imidazole rings is 1. The topological polar surface area (TPSA) is 77.6 Å².